The van der Waals surface area contributed by atoms with E-state index in [4.69, 9.17) is 25.3 Å². The molecule has 0 saturated heterocycles. The Kier molecular flexibility index (Phi) is 4.37. The van der Waals surface area contributed by atoms with Crippen molar-refractivity contribution in [3.8, 4) is 0 Å². The summed E-state index contributed by atoms with van der Waals surface area (Å²) in [5.74, 6) is 0. The summed E-state index contributed by atoms with van der Waals surface area (Å²) in [6.07, 6.45) is 0. The van der Waals surface area contributed by atoms with E-state index < -0.39 is 0 Å². The molecule has 0 aliphatic heterocycles. The van der Waals surface area contributed by atoms with Gasteiger partial charge in [-0.15, -0.1) is 0 Å². The molecular weight excluding hydrogens is 331 g/mol. The largest absolute Gasteiger partial charge is 2.00 e. The van der Waals surface area contributed by atoms with Gasteiger partial charge in [-0.1, -0.05) is 24.3 Å². The average molecular weight is 335 g/mol. The number of hydrogen-bond donors (Lipinski definition) is 0. The minimum atomic E-state index is 0. The first-order chi connectivity index (χ1) is 3.80. The Bertz CT molecular complexity index is 167. The van der Waals surface area contributed by atoms with Gasteiger partial charge in [0.15, 0.2) is 0 Å². The van der Waals surface area contributed by atoms with Crippen LogP contribution in [0.3, 0.4) is 0 Å². The molecule has 0 heterocycles. The van der Waals surface area contributed by atoms with Crippen LogP contribution in [0.15, 0.2) is 34.1 Å². The summed E-state index contributed by atoms with van der Waals surface area (Å²) in [5.41, 5.74) is 0. The third-order valence-corrected chi connectivity index (χ3v) is 1.69. The molecule has 0 amide bonds. The van der Waals surface area contributed by atoms with E-state index in [1.165, 1.54) is 0 Å². The second-order valence-corrected chi connectivity index (χ2v) is 2.33. The van der Waals surface area contributed by atoms with Crippen molar-refractivity contribution in [2.75, 3.05) is 0 Å². The first kappa shape index (κ1) is 9.35. The van der Waals surface area contributed by atoms with Crippen molar-refractivity contribution in [3.63, 3.8) is 0 Å². The molecule has 0 aromatic heterocycles. The summed E-state index contributed by atoms with van der Waals surface area (Å²) in [5, 5.41) is 0. The second-order valence-electron chi connectivity index (χ2n) is 1.45. The molecule has 50 valence electrons. The second kappa shape index (κ2) is 4.21. The van der Waals surface area contributed by atoms with E-state index in [0.29, 0.717) is 0 Å². The van der Waals surface area contributed by atoms with Crippen LogP contribution >= 0.6 is 0 Å². The first-order valence-electron chi connectivity index (χ1n) is 2.24. The van der Waals surface area contributed by atoms with E-state index in [1.807, 2.05) is 24.3 Å². The maximum atomic E-state index is 4.85. The van der Waals surface area contributed by atoms with E-state index in [2.05, 4.69) is 0 Å². The van der Waals surface area contributed by atoms with Gasteiger partial charge in [-0.05, 0) is 0 Å². The van der Waals surface area contributed by atoms with Gasteiger partial charge in [0.2, 0.25) is 0 Å². The topological polar surface area (TPSA) is 0 Å². The van der Waals surface area contributed by atoms with Crippen molar-refractivity contribution in [1.82, 2.24) is 0 Å². The van der Waals surface area contributed by atoms with Crippen molar-refractivity contribution < 1.29 is 21.1 Å². The van der Waals surface area contributed by atoms with Crippen LogP contribution in [0.5, 0.6) is 0 Å². The van der Waals surface area contributed by atoms with E-state index >= 15 is 0 Å². The molecule has 0 bridgehead atoms. The molecule has 1 rings (SSSR count). The zero-order valence-corrected chi connectivity index (χ0v) is 8.35. The smallest absolute Gasteiger partial charge is 0.781 e. The Morgan fingerprint density at radius 1 is 0.889 bits per heavy atom. The molecule has 1 aromatic rings. The van der Waals surface area contributed by atoms with Crippen LogP contribution in [0.4, 0.5) is 0 Å². The van der Waals surface area contributed by atoms with Crippen LogP contribution in [0.25, 0.3) is 0 Å². The molecule has 0 unspecified atom stereocenters. The third-order valence-electron chi connectivity index (χ3n) is 0.849. The molecular formula is C6H4PtS2. The Labute approximate surface area is 80.1 Å². The number of rotatable bonds is 0. The van der Waals surface area contributed by atoms with Crippen molar-refractivity contribution >= 4 is 25.3 Å². The standard InChI is InChI=1S/C6H6S2.Pt/c7-5-3-1-2-4-6(5)8;/h1-4,7-8H;/q;+2/p-2. The summed E-state index contributed by atoms with van der Waals surface area (Å²) in [6, 6.07) is 7.44. The maximum absolute atomic E-state index is 4.85. The molecule has 1 aromatic carbocycles. The van der Waals surface area contributed by atoms with Gasteiger partial charge in [-0.2, -0.15) is 9.79 Å². The fourth-order valence-corrected chi connectivity index (χ4v) is 0.743. The fourth-order valence-electron chi connectivity index (χ4n) is 0.450. The quantitative estimate of drug-likeness (QED) is 0.659. The Hall–Kier alpha value is 0.348. The molecule has 0 fully saturated rings. The van der Waals surface area contributed by atoms with Gasteiger partial charge >= 0.3 is 21.1 Å². The van der Waals surface area contributed by atoms with E-state index in [-0.39, 0.29) is 21.1 Å². The normalized spacial score (nSPS) is 8.00. The van der Waals surface area contributed by atoms with Crippen LogP contribution < -0.4 is 0 Å². The van der Waals surface area contributed by atoms with Crippen molar-refractivity contribution in [2.45, 2.75) is 9.79 Å². The summed E-state index contributed by atoms with van der Waals surface area (Å²) in [4.78, 5) is 1.53. The van der Waals surface area contributed by atoms with Crippen LogP contribution in [0.1, 0.15) is 0 Å². The van der Waals surface area contributed by atoms with E-state index in [1.54, 1.807) is 0 Å². The molecule has 0 aliphatic rings. The third kappa shape index (κ3) is 2.61. The molecule has 0 nitrogen and oxygen atoms in total. The molecule has 0 saturated carbocycles. The Balaban J connectivity index is 0.000000640. The molecule has 0 spiro atoms. The Morgan fingerprint density at radius 3 is 1.44 bits per heavy atom. The molecule has 3 heteroatoms. The van der Waals surface area contributed by atoms with Crippen molar-refractivity contribution in [1.29, 1.82) is 0 Å². The summed E-state index contributed by atoms with van der Waals surface area (Å²) in [6.45, 7) is 0. The predicted octanol–water partition coefficient (Wildman–Crippen LogP) is 1.50. The maximum Gasteiger partial charge on any atom is 2.00 e. The summed E-state index contributed by atoms with van der Waals surface area (Å²) >= 11 is 9.70. The van der Waals surface area contributed by atoms with Gasteiger partial charge in [0.05, 0.1) is 0 Å². The first-order valence-corrected chi connectivity index (χ1v) is 3.05. The van der Waals surface area contributed by atoms with Crippen LogP contribution in [0.2, 0.25) is 0 Å². The Morgan fingerprint density at radius 2 is 1.22 bits per heavy atom. The van der Waals surface area contributed by atoms with Crippen LogP contribution in [-0.2, 0) is 46.3 Å². The van der Waals surface area contributed by atoms with Crippen LogP contribution in [-0.4, -0.2) is 0 Å². The zero-order valence-electron chi connectivity index (χ0n) is 4.44. The van der Waals surface area contributed by atoms with Gasteiger partial charge in [-0.25, -0.2) is 0 Å². The number of hydrogen-bond acceptors (Lipinski definition) is 2. The van der Waals surface area contributed by atoms with E-state index in [0.717, 1.165) is 9.79 Å². The minimum absolute atomic E-state index is 0. The van der Waals surface area contributed by atoms with Gasteiger partial charge in [-0.3, -0.25) is 0 Å². The van der Waals surface area contributed by atoms with E-state index in [9.17, 15) is 0 Å². The summed E-state index contributed by atoms with van der Waals surface area (Å²) < 4.78 is 0. The molecule has 9 heavy (non-hydrogen) atoms. The van der Waals surface area contributed by atoms with Crippen LogP contribution in [0, 0.1) is 0 Å². The SMILES string of the molecule is [Pt+2].[S-]c1ccccc1[S-]. The summed E-state index contributed by atoms with van der Waals surface area (Å²) in [7, 11) is 0. The zero-order chi connectivity index (χ0) is 5.98. The van der Waals surface area contributed by atoms with Gasteiger partial charge in [0.1, 0.15) is 0 Å². The molecule has 0 atom stereocenters. The molecule has 0 radical (unpaired) electrons. The fraction of sp³-hybridized carbons (Fsp3) is 0. The molecule has 0 N–H and O–H groups in total. The monoisotopic (exact) mass is 335 g/mol. The molecule has 0 aliphatic carbocycles. The average Bonchev–Trinajstić information content (AvgIpc) is 1.77. The van der Waals surface area contributed by atoms with Gasteiger partial charge in [0, 0.05) is 0 Å². The predicted molar refractivity (Wildman–Crippen MR) is 37.7 cm³/mol. The van der Waals surface area contributed by atoms with Crippen molar-refractivity contribution in [3.05, 3.63) is 24.3 Å². The minimum Gasteiger partial charge on any atom is -0.781 e. The van der Waals surface area contributed by atoms with Gasteiger partial charge in [0.25, 0.3) is 0 Å². The van der Waals surface area contributed by atoms with Crippen molar-refractivity contribution in [2.24, 2.45) is 0 Å². The van der Waals surface area contributed by atoms with Gasteiger partial charge < -0.3 is 25.3 Å². The number of benzene rings is 1.